The predicted molar refractivity (Wildman–Crippen MR) is 53.6 cm³/mol. The van der Waals surface area contributed by atoms with Gasteiger partial charge >= 0.3 is 0 Å². The fraction of sp³-hybridized carbons (Fsp3) is 0.364. The molecule has 1 nitrogen and oxygen atoms in total. The van der Waals surface area contributed by atoms with Gasteiger partial charge in [-0.05, 0) is 25.1 Å². The Hall–Kier alpha value is -1.11. The highest BCUT2D eigenvalue weighted by molar-refractivity contribution is 5.57. The number of nitrogens with zero attached hydrogens (tertiary/aromatic N) is 1. The largest absolute Gasteiger partial charge is 0.290 e. The highest BCUT2D eigenvalue weighted by Gasteiger charge is 1.98. The monoisotopic (exact) mass is 161 g/mol. The molecule has 1 aromatic rings. The van der Waals surface area contributed by atoms with Gasteiger partial charge < -0.3 is 0 Å². The zero-order valence-electron chi connectivity index (χ0n) is 7.70. The summed E-state index contributed by atoms with van der Waals surface area (Å²) in [6, 6.07) is 10.6. The molecule has 0 saturated heterocycles. The van der Waals surface area contributed by atoms with E-state index in [1.165, 1.54) is 5.56 Å². The summed E-state index contributed by atoms with van der Waals surface area (Å²) in [6.07, 6.45) is 2.98. The van der Waals surface area contributed by atoms with Crippen molar-refractivity contribution in [2.75, 3.05) is 0 Å². The van der Waals surface area contributed by atoms with Gasteiger partial charge in [-0.3, -0.25) is 4.99 Å². The molecule has 1 atom stereocenters. The van der Waals surface area contributed by atoms with E-state index in [0.29, 0.717) is 6.04 Å². The van der Waals surface area contributed by atoms with Crippen LogP contribution in [-0.4, -0.2) is 6.21 Å². The van der Waals surface area contributed by atoms with E-state index in [1.807, 2.05) is 24.4 Å². The van der Waals surface area contributed by atoms with Gasteiger partial charge in [0, 0.05) is 0 Å². The van der Waals surface area contributed by atoms with Crippen molar-refractivity contribution in [3.8, 4) is 0 Å². The van der Waals surface area contributed by atoms with Gasteiger partial charge in [0.15, 0.2) is 0 Å². The van der Waals surface area contributed by atoms with Crippen molar-refractivity contribution in [1.82, 2.24) is 0 Å². The molecule has 0 radical (unpaired) electrons. The van der Waals surface area contributed by atoms with E-state index in [1.54, 1.807) is 0 Å². The van der Waals surface area contributed by atoms with E-state index in [0.717, 1.165) is 6.42 Å². The van der Waals surface area contributed by atoms with Crippen molar-refractivity contribution in [2.24, 2.45) is 4.99 Å². The van der Waals surface area contributed by atoms with Crippen LogP contribution in [0.3, 0.4) is 0 Å². The minimum Gasteiger partial charge on any atom is -0.290 e. The molecule has 0 aliphatic heterocycles. The molecule has 64 valence electrons. The standard InChI is InChI=1S/C11H15N/c1-3-9-12-10(2)11-7-5-4-6-8-11/h4-10H,3H2,1-2H3/t10-/m1/s1. The summed E-state index contributed by atoms with van der Waals surface area (Å²) in [4.78, 5) is 4.39. The molecule has 1 heteroatoms. The summed E-state index contributed by atoms with van der Waals surface area (Å²) in [5.74, 6) is 0. The molecule has 1 aromatic carbocycles. The van der Waals surface area contributed by atoms with E-state index >= 15 is 0 Å². The predicted octanol–water partition coefficient (Wildman–Crippen LogP) is 3.23. The normalized spacial score (nSPS) is 13.5. The van der Waals surface area contributed by atoms with Crippen LogP contribution >= 0.6 is 0 Å². The van der Waals surface area contributed by atoms with E-state index in [9.17, 15) is 0 Å². The summed E-state index contributed by atoms with van der Waals surface area (Å²) in [5.41, 5.74) is 1.28. The van der Waals surface area contributed by atoms with Gasteiger partial charge in [-0.15, -0.1) is 0 Å². The molecule has 1 rings (SSSR count). The molecule has 0 aliphatic rings. The van der Waals surface area contributed by atoms with Crippen molar-refractivity contribution in [3.63, 3.8) is 0 Å². The Morgan fingerprint density at radius 1 is 1.33 bits per heavy atom. The lowest BCUT2D eigenvalue weighted by molar-refractivity contribution is 0.821. The molecule has 0 aromatic heterocycles. The molecular formula is C11H15N. The molecule has 12 heavy (non-hydrogen) atoms. The van der Waals surface area contributed by atoms with Gasteiger partial charge in [0.25, 0.3) is 0 Å². The third-order valence-electron chi connectivity index (χ3n) is 1.79. The molecule has 0 aliphatic carbocycles. The first-order valence-electron chi connectivity index (χ1n) is 4.41. The van der Waals surface area contributed by atoms with Crippen LogP contribution in [0, 0.1) is 0 Å². The van der Waals surface area contributed by atoms with Gasteiger partial charge in [0.2, 0.25) is 0 Å². The van der Waals surface area contributed by atoms with Crippen molar-refractivity contribution in [3.05, 3.63) is 35.9 Å². The number of hydrogen-bond donors (Lipinski definition) is 0. The summed E-state index contributed by atoms with van der Waals surface area (Å²) in [5, 5.41) is 0. The van der Waals surface area contributed by atoms with E-state index < -0.39 is 0 Å². The van der Waals surface area contributed by atoms with Crippen LogP contribution in [0.15, 0.2) is 35.3 Å². The molecule has 0 spiro atoms. The summed E-state index contributed by atoms with van der Waals surface area (Å²) in [6.45, 7) is 4.21. The van der Waals surface area contributed by atoms with Gasteiger partial charge in [-0.25, -0.2) is 0 Å². The van der Waals surface area contributed by atoms with Gasteiger partial charge in [0.1, 0.15) is 0 Å². The van der Waals surface area contributed by atoms with Crippen LogP contribution in [0.5, 0.6) is 0 Å². The first-order valence-corrected chi connectivity index (χ1v) is 4.41. The van der Waals surface area contributed by atoms with Crippen LogP contribution < -0.4 is 0 Å². The maximum Gasteiger partial charge on any atom is 0.0716 e. The maximum atomic E-state index is 4.39. The third kappa shape index (κ3) is 2.50. The van der Waals surface area contributed by atoms with Crippen LogP contribution in [0.1, 0.15) is 31.9 Å². The maximum absolute atomic E-state index is 4.39. The van der Waals surface area contributed by atoms with E-state index in [-0.39, 0.29) is 0 Å². The quantitative estimate of drug-likeness (QED) is 0.603. The Bertz CT molecular complexity index is 238. The average Bonchev–Trinajstić information content (AvgIpc) is 2.15. The van der Waals surface area contributed by atoms with Gasteiger partial charge in [-0.1, -0.05) is 37.3 Å². The summed E-state index contributed by atoms with van der Waals surface area (Å²) >= 11 is 0. The molecule has 0 unspecified atom stereocenters. The van der Waals surface area contributed by atoms with Gasteiger partial charge in [-0.2, -0.15) is 0 Å². The zero-order chi connectivity index (χ0) is 8.81. The summed E-state index contributed by atoms with van der Waals surface area (Å²) < 4.78 is 0. The Morgan fingerprint density at radius 2 is 2.00 bits per heavy atom. The molecule has 0 heterocycles. The smallest absolute Gasteiger partial charge is 0.0716 e. The van der Waals surface area contributed by atoms with Crippen LogP contribution in [-0.2, 0) is 0 Å². The van der Waals surface area contributed by atoms with Crippen molar-refractivity contribution in [2.45, 2.75) is 26.3 Å². The highest BCUT2D eigenvalue weighted by Crippen LogP contribution is 2.14. The molecular weight excluding hydrogens is 146 g/mol. The lowest BCUT2D eigenvalue weighted by atomic mass is 10.1. The molecule has 0 fully saturated rings. The fourth-order valence-electron chi connectivity index (χ4n) is 1.08. The Labute approximate surface area is 74.2 Å². The Morgan fingerprint density at radius 3 is 2.58 bits per heavy atom. The number of benzene rings is 1. The third-order valence-corrected chi connectivity index (χ3v) is 1.79. The second-order valence-electron chi connectivity index (χ2n) is 2.83. The summed E-state index contributed by atoms with van der Waals surface area (Å²) in [7, 11) is 0. The van der Waals surface area contributed by atoms with Crippen LogP contribution in [0.4, 0.5) is 0 Å². The first kappa shape index (κ1) is 8.98. The minimum absolute atomic E-state index is 0.297. The fourth-order valence-corrected chi connectivity index (χ4v) is 1.08. The molecule has 0 saturated carbocycles. The van der Waals surface area contributed by atoms with Crippen molar-refractivity contribution in [1.29, 1.82) is 0 Å². The number of rotatable bonds is 3. The molecule has 0 N–H and O–H groups in total. The van der Waals surface area contributed by atoms with Crippen LogP contribution in [0.25, 0.3) is 0 Å². The Kier molecular flexibility index (Phi) is 3.52. The minimum atomic E-state index is 0.297. The number of aliphatic imine (C=N–C) groups is 1. The van der Waals surface area contributed by atoms with Gasteiger partial charge in [0.05, 0.1) is 6.04 Å². The highest BCUT2D eigenvalue weighted by atomic mass is 14.7. The Balaban J connectivity index is 2.65. The van der Waals surface area contributed by atoms with E-state index in [2.05, 4.69) is 31.0 Å². The topological polar surface area (TPSA) is 12.4 Å². The second kappa shape index (κ2) is 4.70. The van der Waals surface area contributed by atoms with Crippen LogP contribution in [0.2, 0.25) is 0 Å². The zero-order valence-corrected chi connectivity index (χ0v) is 7.70. The lowest BCUT2D eigenvalue weighted by Gasteiger charge is -2.04. The SMILES string of the molecule is CCC=N[C@H](C)c1ccccc1. The molecule has 0 amide bonds. The van der Waals surface area contributed by atoms with E-state index in [4.69, 9.17) is 0 Å². The van der Waals surface area contributed by atoms with Crippen molar-refractivity contribution < 1.29 is 0 Å². The van der Waals surface area contributed by atoms with Crippen molar-refractivity contribution >= 4 is 6.21 Å². The average molecular weight is 161 g/mol. The second-order valence-corrected chi connectivity index (χ2v) is 2.83. The molecule has 0 bridgehead atoms. The lowest BCUT2D eigenvalue weighted by Crippen LogP contribution is -1.88. The number of hydrogen-bond acceptors (Lipinski definition) is 1. The first-order chi connectivity index (χ1) is 5.84.